The normalized spacial score (nSPS) is 42.0. The average Bonchev–Trinajstić information content (AvgIpc) is 2.40. The molecule has 12 heavy (non-hydrogen) atoms. The van der Waals surface area contributed by atoms with Crippen molar-refractivity contribution in [1.29, 1.82) is 0 Å². The van der Waals surface area contributed by atoms with Gasteiger partial charge in [0.1, 0.15) is 18.3 Å². The molecule has 0 aliphatic carbocycles. The third kappa shape index (κ3) is 1.61. The lowest BCUT2D eigenvalue weighted by Gasteiger charge is -2.19. The molecule has 1 saturated heterocycles. The van der Waals surface area contributed by atoms with Gasteiger partial charge in [-0.3, -0.25) is 0 Å². The van der Waals surface area contributed by atoms with Crippen LogP contribution in [-0.2, 0) is 14.2 Å². The molecule has 1 heterocycles. The smallest absolute Gasteiger partial charge is 0.114 e. The van der Waals surface area contributed by atoms with Crippen molar-refractivity contribution >= 4 is 0 Å². The van der Waals surface area contributed by atoms with Gasteiger partial charge in [-0.25, -0.2) is 0 Å². The van der Waals surface area contributed by atoms with Gasteiger partial charge < -0.3 is 19.3 Å². The monoisotopic (exact) mass is 176 g/mol. The van der Waals surface area contributed by atoms with Gasteiger partial charge in [0.25, 0.3) is 0 Å². The summed E-state index contributed by atoms with van der Waals surface area (Å²) in [6.07, 6.45) is -0.505. The van der Waals surface area contributed by atoms with Gasteiger partial charge in [0, 0.05) is 14.2 Å². The zero-order valence-corrected chi connectivity index (χ0v) is 7.69. The molecule has 0 aromatic carbocycles. The third-order valence-electron chi connectivity index (χ3n) is 2.27. The molecule has 1 fully saturated rings. The van der Waals surface area contributed by atoms with Gasteiger partial charge in [-0.15, -0.1) is 0 Å². The Labute approximate surface area is 72.4 Å². The summed E-state index contributed by atoms with van der Waals surface area (Å²) >= 11 is 0. The first kappa shape index (κ1) is 9.92. The Balaban J connectivity index is 2.61. The average molecular weight is 176 g/mol. The first-order valence-corrected chi connectivity index (χ1v) is 4.06. The highest BCUT2D eigenvalue weighted by molar-refractivity contribution is 4.90. The van der Waals surface area contributed by atoms with Crippen LogP contribution in [-0.4, -0.2) is 50.3 Å². The second kappa shape index (κ2) is 4.18. The Morgan fingerprint density at radius 3 is 2.25 bits per heavy atom. The number of hydrogen-bond acceptors (Lipinski definition) is 4. The summed E-state index contributed by atoms with van der Waals surface area (Å²) in [5.41, 5.74) is 0. The Bertz CT molecular complexity index is 139. The van der Waals surface area contributed by atoms with E-state index in [0.717, 1.165) is 0 Å². The number of ether oxygens (including phenoxy) is 3. The molecule has 1 aliphatic rings. The van der Waals surface area contributed by atoms with Crippen LogP contribution in [0.3, 0.4) is 0 Å². The predicted molar refractivity (Wildman–Crippen MR) is 43.0 cm³/mol. The number of methoxy groups -OCH3 is 2. The summed E-state index contributed by atoms with van der Waals surface area (Å²) in [6, 6.07) is 0. The number of aliphatic hydroxyl groups excluding tert-OH is 1. The summed E-state index contributed by atoms with van der Waals surface area (Å²) in [5.74, 6) is 0. The van der Waals surface area contributed by atoms with Crippen molar-refractivity contribution in [1.82, 2.24) is 0 Å². The van der Waals surface area contributed by atoms with E-state index in [-0.39, 0.29) is 31.0 Å². The highest BCUT2D eigenvalue weighted by Gasteiger charge is 2.42. The number of aliphatic hydroxyl groups is 1. The molecule has 4 nitrogen and oxygen atoms in total. The molecule has 1 aliphatic heterocycles. The van der Waals surface area contributed by atoms with Crippen LogP contribution in [0.1, 0.15) is 6.92 Å². The fourth-order valence-electron chi connectivity index (χ4n) is 1.67. The summed E-state index contributed by atoms with van der Waals surface area (Å²) < 4.78 is 15.8. The molecule has 1 rings (SSSR count). The standard InChI is InChI=1S/C8H16O4/c1-5-7(10-2)8(11-3)6(4-9)12-5/h5-9H,4H2,1-3H3/t5-,6+,7?,8-/m0/s1. The molecular weight excluding hydrogens is 160 g/mol. The maximum absolute atomic E-state index is 8.94. The lowest BCUT2D eigenvalue weighted by molar-refractivity contribution is -0.0397. The molecule has 0 amide bonds. The van der Waals surface area contributed by atoms with Gasteiger partial charge in [0.05, 0.1) is 12.7 Å². The Morgan fingerprint density at radius 2 is 1.83 bits per heavy atom. The SMILES string of the molecule is COC1[C@H](C)O[C@H](CO)[C@@H]1OC. The van der Waals surface area contributed by atoms with E-state index in [9.17, 15) is 0 Å². The van der Waals surface area contributed by atoms with E-state index >= 15 is 0 Å². The summed E-state index contributed by atoms with van der Waals surface area (Å²) in [4.78, 5) is 0. The predicted octanol–water partition coefficient (Wildman–Crippen LogP) is -0.204. The van der Waals surface area contributed by atoms with Crippen LogP contribution in [0.5, 0.6) is 0 Å². The van der Waals surface area contributed by atoms with E-state index in [1.807, 2.05) is 6.92 Å². The van der Waals surface area contributed by atoms with Crippen LogP contribution < -0.4 is 0 Å². The van der Waals surface area contributed by atoms with E-state index in [2.05, 4.69) is 0 Å². The largest absolute Gasteiger partial charge is 0.394 e. The number of hydrogen-bond donors (Lipinski definition) is 1. The number of rotatable bonds is 3. The van der Waals surface area contributed by atoms with Gasteiger partial charge >= 0.3 is 0 Å². The highest BCUT2D eigenvalue weighted by atomic mass is 16.6. The quantitative estimate of drug-likeness (QED) is 0.646. The topological polar surface area (TPSA) is 47.9 Å². The minimum absolute atomic E-state index is 0.0166. The zero-order chi connectivity index (χ0) is 9.14. The van der Waals surface area contributed by atoms with E-state index in [1.54, 1.807) is 14.2 Å². The van der Waals surface area contributed by atoms with E-state index in [0.29, 0.717) is 0 Å². The van der Waals surface area contributed by atoms with Gasteiger partial charge in [-0.2, -0.15) is 0 Å². The first-order valence-electron chi connectivity index (χ1n) is 4.06. The van der Waals surface area contributed by atoms with Crippen molar-refractivity contribution < 1.29 is 19.3 Å². The molecule has 0 spiro atoms. The Hall–Kier alpha value is -0.160. The fourth-order valence-corrected chi connectivity index (χ4v) is 1.67. The summed E-state index contributed by atoms with van der Waals surface area (Å²) in [6.45, 7) is 1.89. The zero-order valence-electron chi connectivity index (χ0n) is 7.69. The van der Waals surface area contributed by atoms with Crippen LogP contribution in [0.25, 0.3) is 0 Å². The van der Waals surface area contributed by atoms with E-state index in [4.69, 9.17) is 19.3 Å². The van der Waals surface area contributed by atoms with Crippen LogP contribution >= 0.6 is 0 Å². The van der Waals surface area contributed by atoms with Crippen molar-refractivity contribution in [3.8, 4) is 0 Å². The highest BCUT2D eigenvalue weighted by Crippen LogP contribution is 2.24. The second-order valence-electron chi connectivity index (χ2n) is 2.96. The van der Waals surface area contributed by atoms with Crippen LogP contribution in [0, 0.1) is 0 Å². The van der Waals surface area contributed by atoms with Crippen LogP contribution in [0.2, 0.25) is 0 Å². The Kier molecular flexibility index (Phi) is 3.46. The molecular formula is C8H16O4. The molecule has 0 aromatic rings. The molecule has 0 aromatic heterocycles. The van der Waals surface area contributed by atoms with Crippen molar-refractivity contribution in [2.24, 2.45) is 0 Å². The minimum atomic E-state index is -0.255. The molecule has 0 saturated carbocycles. The lowest BCUT2D eigenvalue weighted by Crippen LogP contribution is -2.36. The summed E-state index contributed by atoms with van der Waals surface area (Å²) in [5, 5.41) is 8.94. The van der Waals surface area contributed by atoms with Crippen LogP contribution in [0.4, 0.5) is 0 Å². The maximum Gasteiger partial charge on any atom is 0.114 e. The second-order valence-corrected chi connectivity index (χ2v) is 2.96. The molecule has 0 bridgehead atoms. The molecule has 1 unspecified atom stereocenters. The van der Waals surface area contributed by atoms with Crippen LogP contribution in [0.15, 0.2) is 0 Å². The Morgan fingerprint density at radius 1 is 1.25 bits per heavy atom. The fraction of sp³-hybridized carbons (Fsp3) is 1.00. The van der Waals surface area contributed by atoms with Gasteiger partial charge in [-0.1, -0.05) is 0 Å². The molecule has 4 heteroatoms. The van der Waals surface area contributed by atoms with Crippen molar-refractivity contribution in [2.75, 3.05) is 20.8 Å². The van der Waals surface area contributed by atoms with E-state index in [1.165, 1.54) is 0 Å². The van der Waals surface area contributed by atoms with Gasteiger partial charge in [-0.05, 0) is 6.92 Å². The third-order valence-corrected chi connectivity index (χ3v) is 2.27. The molecule has 0 radical (unpaired) electrons. The van der Waals surface area contributed by atoms with Gasteiger partial charge in [0.2, 0.25) is 0 Å². The summed E-state index contributed by atoms with van der Waals surface area (Å²) in [7, 11) is 3.22. The minimum Gasteiger partial charge on any atom is -0.394 e. The first-order chi connectivity index (χ1) is 5.74. The maximum atomic E-state index is 8.94. The molecule has 72 valence electrons. The van der Waals surface area contributed by atoms with Crippen molar-refractivity contribution in [3.63, 3.8) is 0 Å². The molecule has 1 N–H and O–H groups in total. The van der Waals surface area contributed by atoms with Crippen molar-refractivity contribution in [3.05, 3.63) is 0 Å². The molecule has 4 atom stereocenters. The van der Waals surface area contributed by atoms with Crippen molar-refractivity contribution in [2.45, 2.75) is 31.3 Å². The lowest BCUT2D eigenvalue weighted by atomic mass is 10.1. The van der Waals surface area contributed by atoms with E-state index < -0.39 is 0 Å². The van der Waals surface area contributed by atoms with Gasteiger partial charge in [0.15, 0.2) is 0 Å².